The summed E-state index contributed by atoms with van der Waals surface area (Å²) < 4.78 is 0. The average Bonchev–Trinajstić information content (AvgIpc) is 1.86. The van der Waals surface area contributed by atoms with Crippen LogP contribution >= 0.6 is 0 Å². The Morgan fingerprint density at radius 2 is 0.714 bits per heavy atom. The lowest BCUT2D eigenvalue weighted by Gasteiger charge is -1.60. The maximum atomic E-state index is 9.44. The van der Waals surface area contributed by atoms with E-state index in [0.29, 0.717) is 0 Å². The molecule has 0 spiro atoms. The summed E-state index contributed by atoms with van der Waals surface area (Å²) in [5, 5.41) is 0. The highest BCUT2D eigenvalue weighted by Gasteiger charge is 1.62. The highest BCUT2D eigenvalue weighted by atomic mass is 16.1. The Balaban J connectivity index is -0.0000000492. The Morgan fingerprint density at radius 1 is 0.714 bits per heavy atom. The van der Waals surface area contributed by atoms with Gasteiger partial charge in [-0.1, -0.05) is 13.8 Å². The number of carbonyl (C=O) groups excluding carboxylic acids is 3. The molecule has 1 amide bonds. The quantitative estimate of drug-likeness (QED) is 0.654. The minimum Gasteiger partial charge on any atom is -0.370 e. The Labute approximate surface area is 86.9 Å². The first-order valence-corrected chi connectivity index (χ1v) is 4.40. The van der Waals surface area contributed by atoms with Crippen molar-refractivity contribution in [2.75, 3.05) is 0 Å². The van der Waals surface area contributed by atoms with Crippen molar-refractivity contribution in [3.8, 4) is 0 Å². The van der Waals surface area contributed by atoms with Crippen LogP contribution in [-0.2, 0) is 14.4 Å². The van der Waals surface area contributed by atoms with E-state index in [-0.39, 0.29) is 17.5 Å². The van der Waals surface area contributed by atoms with Crippen LogP contribution in [-0.4, -0.2) is 17.5 Å². The summed E-state index contributed by atoms with van der Waals surface area (Å²) in [5.74, 6) is 0.000000000000000444. The number of carbonyl (C=O) groups is 3. The fourth-order valence-electron chi connectivity index (χ4n) is 0. The number of amides is 1. The Bertz CT molecular complexity index is 113. The Morgan fingerprint density at radius 3 is 0.714 bits per heavy atom. The van der Waals surface area contributed by atoms with Crippen molar-refractivity contribution in [1.29, 1.82) is 0 Å². The molecule has 0 aromatic heterocycles. The first kappa shape index (κ1) is 23.0. The first-order chi connectivity index (χ1) is 6.20. The van der Waals surface area contributed by atoms with E-state index in [0.717, 1.165) is 0 Å². The number of hydrogen-bond donors (Lipinski definition) is 1. The molecular formula is C10H23NO3. The smallest absolute Gasteiger partial charge is 0.214 e. The molecule has 86 valence electrons. The third kappa shape index (κ3) is 735. The van der Waals surface area contributed by atoms with Gasteiger partial charge >= 0.3 is 0 Å². The molecule has 0 bridgehead atoms. The standard InChI is InChI=1S/2C3H6O.C2H5NO.C2H6/c2*1-3(2)4;1-2(3)4;1-2/h2*1-2H3;1H3,(H2,3,4);1-2H3. The summed E-state index contributed by atoms with van der Waals surface area (Å²) in [7, 11) is 0. The number of ketones is 2. The summed E-state index contributed by atoms with van der Waals surface area (Å²) in [6, 6.07) is 0. The van der Waals surface area contributed by atoms with Crippen molar-refractivity contribution in [3.63, 3.8) is 0 Å². The molecule has 0 heterocycles. The minimum absolute atomic E-state index is 0.167. The molecule has 0 saturated carbocycles. The van der Waals surface area contributed by atoms with E-state index < -0.39 is 0 Å². The molecule has 4 nitrogen and oxygen atoms in total. The summed E-state index contributed by atoms with van der Waals surface area (Å²) in [5.41, 5.74) is 4.47. The van der Waals surface area contributed by atoms with E-state index in [4.69, 9.17) is 0 Å². The minimum atomic E-state index is -0.333. The molecule has 4 heteroatoms. The van der Waals surface area contributed by atoms with Crippen LogP contribution in [0, 0.1) is 0 Å². The number of primary amides is 1. The van der Waals surface area contributed by atoms with Crippen molar-refractivity contribution >= 4 is 17.5 Å². The molecule has 0 unspecified atom stereocenters. The van der Waals surface area contributed by atoms with Crippen LogP contribution in [0.2, 0.25) is 0 Å². The van der Waals surface area contributed by atoms with Gasteiger partial charge in [0, 0.05) is 6.92 Å². The molecule has 0 aromatic carbocycles. The molecule has 0 rings (SSSR count). The van der Waals surface area contributed by atoms with Gasteiger partial charge in [-0.3, -0.25) is 4.79 Å². The van der Waals surface area contributed by atoms with Crippen LogP contribution in [0.3, 0.4) is 0 Å². The van der Waals surface area contributed by atoms with E-state index in [2.05, 4.69) is 5.73 Å². The molecule has 14 heavy (non-hydrogen) atoms. The van der Waals surface area contributed by atoms with Crippen molar-refractivity contribution < 1.29 is 14.4 Å². The number of hydrogen-bond acceptors (Lipinski definition) is 3. The van der Waals surface area contributed by atoms with E-state index in [1.807, 2.05) is 13.8 Å². The lowest BCUT2D eigenvalue weighted by Crippen LogP contribution is -2.01. The van der Waals surface area contributed by atoms with Crippen molar-refractivity contribution in [2.45, 2.75) is 48.5 Å². The van der Waals surface area contributed by atoms with Gasteiger partial charge in [-0.2, -0.15) is 0 Å². The van der Waals surface area contributed by atoms with Crippen molar-refractivity contribution in [2.24, 2.45) is 5.73 Å². The van der Waals surface area contributed by atoms with E-state index in [1.54, 1.807) is 0 Å². The second-order valence-electron chi connectivity index (χ2n) is 2.43. The fourth-order valence-corrected chi connectivity index (χ4v) is 0. The van der Waals surface area contributed by atoms with Crippen LogP contribution in [0.25, 0.3) is 0 Å². The van der Waals surface area contributed by atoms with Gasteiger partial charge in [0.25, 0.3) is 0 Å². The van der Waals surface area contributed by atoms with Gasteiger partial charge in [0.2, 0.25) is 5.91 Å². The van der Waals surface area contributed by atoms with Gasteiger partial charge in [-0.25, -0.2) is 0 Å². The monoisotopic (exact) mass is 205 g/mol. The zero-order valence-electron chi connectivity index (χ0n) is 10.3. The van der Waals surface area contributed by atoms with E-state index in [1.165, 1.54) is 34.6 Å². The maximum absolute atomic E-state index is 9.44. The van der Waals surface area contributed by atoms with E-state index in [9.17, 15) is 14.4 Å². The molecule has 0 aromatic rings. The fraction of sp³-hybridized carbons (Fsp3) is 0.700. The van der Waals surface area contributed by atoms with Gasteiger partial charge in [0.1, 0.15) is 11.6 Å². The van der Waals surface area contributed by atoms with Crippen LogP contribution in [0.4, 0.5) is 0 Å². The van der Waals surface area contributed by atoms with Gasteiger partial charge in [-0.15, -0.1) is 0 Å². The Hall–Kier alpha value is -1.19. The van der Waals surface area contributed by atoms with Crippen LogP contribution in [0.1, 0.15) is 48.5 Å². The molecular weight excluding hydrogens is 182 g/mol. The lowest BCUT2D eigenvalue weighted by atomic mass is 10.6. The van der Waals surface area contributed by atoms with Gasteiger partial charge in [-0.05, 0) is 27.7 Å². The summed E-state index contributed by atoms with van der Waals surface area (Å²) in [6.07, 6.45) is 0. The molecule has 0 aliphatic carbocycles. The normalized spacial score (nSPS) is 5.93. The summed E-state index contributed by atoms with van der Waals surface area (Å²) in [4.78, 5) is 28.1. The van der Waals surface area contributed by atoms with E-state index >= 15 is 0 Å². The summed E-state index contributed by atoms with van der Waals surface area (Å²) in [6.45, 7) is 11.4. The van der Waals surface area contributed by atoms with Gasteiger partial charge in [0.15, 0.2) is 0 Å². The van der Waals surface area contributed by atoms with Gasteiger partial charge in [0.05, 0.1) is 0 Å². The molecule has 0 radical (unpaired) electrons. The third-order valence-electron chi connectivity index (χ3n) is 0. The predicted molar refractivity (Wildman–Crippen MR) is 58.9 cm³/mol. The van der Waals surface area contributed by atoms with Crippen LogP contribution in [0.15, 0.2) is 0 Å². The molecule has 0 aliphatic rings. The molecule has 0 aliphatic heterocycles. The second-order valence-corrected chi connectivity index (χ2v) is 2.43. The van der Waals surface area contributed by atoms with Gasteiger partial charge < -0.3 is 15.3 Å². The molecule has 0 atom stereocenters. The topological polar surface area (TPSA) is 77.2 Å². The first-order valence-electron chi connectivity index (χ1n) is 4.40. The maximum Gasteiger partial charge on any atom is 0.214 e. The molecule has 0 fully saturated rings. The SMILES string of the molecule is CC.CC(C)=O.CC(C)=O.CC(N)=O. The largest absolute Gasteiger partial charge is 0.370 e. The summed E-state index contributed by atoms with van der Waals surface area (Å²) >= 11 is 0. The van der Waals surface area contributed by atoms with Crippen LogP contribution < -0.4 is 5.73 Å². The predicted octanol–water partition coefficient (Wildman–Crippen LogP) is 1.71. The molecule has 0 saturated heterocycles. The zero-order chi connectivity index (χ0) is 12.7. The third-order valence-corrected chi connectivity index (χ3v) is 0. The number of Topliss-reactive ketones (excluding diaryl/α,β-unsaturated/α-hetero) is 2. The van der Waals surface area contributed by atoms with Crippen molar-refractivity contribution in [1.82, 2.24) is 0 Å². The van der Waals surface area contributed by atoms with Crippen LogP contribution in [0.5, 0.6) is 0 Å². The number of nitrogens with two attached hydrogens (primary N) is 1. The number of rotatable bonds is 0. The molecule has 2 N–H and O–H groups in total. The average molecular weight is 205 g/mol. The highest BCUT2D eigenvalue weighted by Crippen LogP contribution is 1.50. The zero-order valence-corrected chi connectivity index (χ0v) is 10.3. The second kappa shape index (κ2) is 22.6. The lowest BCUT2D eigenvalue weighted by molar-refractivity contribution is -0.116. The Kier molecular flexibility index (Phi) is 37.2. The van der Waals surface area contributed by atoms with Crippen molar-refractivity contribution in [3.05, 3.63) is 0 Å². The highest BCUT2D eigenvalue weighted by molar-refractivity contribution is 5.72.